The summed E-state index contributed by atoms with van der Waals surface area (Å²) < 4.78 is 5.43. The summed E-state index contributed by atoms with van der Waals surface area (Å²) in [6.07, 6.45) is 4.38. The third kappa shape index (κ3) is 3.56. The van der Waals surface area contributed by atoms with Crippen molar-refractivity contribution in [3.05, 3.63) is 29.6 Å². The zero-order chi connectivity index (χ0) is 13.8. The van der Waals surface area contributed by atoms with E-state index in [1.54, 1.807) is 0 Å². The van der Waals surface area contributed by atoms with Crippen LogP contribution < -0.4 is 0 Å². The van der Waals surface area contributed by atoms with Crippen LogP contribution in [-0.4, -0.2) is 18.2 Å². The summed E-state index contributed by atoms with van der Waals surface area (Å²) in [6.45, 7) is 11.0. The van der Waals surface area contributed by atoms with E-state index in [-0.39, 0.29) is 0 Å². The Labute approximate surface area is 117 Å². The fourth-order valence-electron chi connectivity index (χ4n) is 3.34. The van der Waals surface area contributed by atoms with E-state index in [2.05, 4.69) is 46.0 Å². The average Bonchev–Trinajstić information content (AvgIpc) is 2.40. The van der Waals surface area contributed by atoms with Gasteiger partial charge in [-0.05, 0) is 42.2 Å². The Balaban J connectivity index is 2.12. The van der Waals surface area contributed by atoms with E-state index >= 15 is 0 Å². The van der Waals surface area contributed by atoms with Gasteiger partial charge in [0.2, 0.25) is 0 Å². The van der Waals surface area contributed by atoms with Crippen molar-refractivity contribution in [3.8, 4) is 0 Å². The van der Waals surface area contributed by atoms with Crippen LogP contribution in [0, 0.1) is 11.8 Å². The number of aromatic nitrogens is 1. The number of hydrogen-bond donors (Lipinski definition) is 0. The van der Waals surface area contributed by atoms with Gasteiger partial charge in [-0.25, -0.2) is 0 Å². The monoisotopic (exact) mass is 261 g/mol. The molecule has 2 rings (SSSR count). The van der Waals surface area contributed by atoms with E-state index in [1.165, 1.54) is 11.3 Å². The van der Waals surface area contributed by atoms with Gasteiger partial charge in [0.1, 0.15) is 0 Å². The summed E-state index contributed by atoms with van der Waals surface area (Å²) in [5.74, 6) is 2.48. The molecule has 19 heavy (non-hydrogen) atoms. The van der Waals surface area contributed by atoms with Crippen LogP contribution >= 0.6 is 0 Å². The Morgan fingerprint density at radius 2 is 1.68 bits per heavy atom. The first-order valence-corrected chi connectivity index (χ1v) is 7.63. The van der Waals surface area contributed by atoms with Crippen molar-refractivity contribution in [2.24, 2.45) is 11.8 Å². The predicted molar refractivity (Wildman–Crippen MR) is 79.4 cm³/mol. The van der Waals surface area contributed by atoms with E-state index in [4.69, 9.17) is 9.72 Å². The van der Waals surface area contributed by atoms with Crippen LogP contribution in [-0.2, 0) is 4.74 Å². The average molecular weight is 261 g/mol. The molecule has 0 N–H and O–H groups in total. The molecule has 0 aromatic carbocycles. The molecule has 1 fully saturated rings. The zero-order valence-electron chi connectivity index (χ0n) is 12.7. The molecule has 1 aliphatic heterocycles. The van der Waals surface area contributed by atoms with Crippen molar-refractivity contribution in [1.29, 1.82) is 0 Å². The molecule has 0 spiro atoms. The van der Waals surface area contributed by atoms with Crippen LogP contribution in [0.5, 0.6) is 0 Å². The fraction of sp³-hybridized carbons (Fsp3) is 0.706. The van der Waals surface area contributed by atoms with Gasteiger partial charge in [0.05, 0.1) is 0 Å². The van der Waals surface area contributed by atoms with Crippen molar-refractivity contribution in [2.75, 3.05) is 13.2 Å². The van der Waals surface area contributed by atoms with Gasteiger partial charge >= 0.3 is 0 Å². The fourth-order valence-corrected chi connectivity index (χ4v) is 3.34. The first-order valence-electron chi connectivity index (χ1n) is 7.63. The number of pyridine rings is 1. The molecule has 1 aliphatic rings. The van der Waals surface area contributed by atoms with Gasteiger partial charge in [0.15, 0.2) is 0 Å². The Bertz CT molecular complexity index is 369. The molecule has 1 aromatic heterocycles. The molecule has 0 atom stereocenters. The van der Waals surface area contributed by atoms with Crippen molar-refractivity contribution < 1.29 is 4.74 Å². The van der Waals surface area contributed by atoms with Gasteiger partial charge < -0.3 is 4.74 Å². The maximum Gasteiger partial charge on any atom is 0.0471 e. The highest BCUT2D eigenvalue weighted by molar-refractivity contribution is 5.21. The summed E-state index contributed by atoms with van der Waals surface area (Å²) in [5, 5.41) is 0. The quantitative estimate of drug-likeness (QED) is 0.803. The first kappa shape index (κ1) is 14.5. The Hall–Kier alpha value is -0.890. The Kier molecular flexibility index (Phi) is 4.98. The molecule has 0 radical (unpaired) electrons. The van der Waals surface area contributed by atoms with Crippen molar-refractivity contribution in [3.63, 3.8) is 0 Å². The minimum Gasteiger partial charge on any atom is -0.381 e. The number of hydrogen-bond acceptors (Lipinski definition) is 2. The van der Waals surface area contributed by atoms with Crippen LogP contribution in [0.25, 0.3) is 0 Å². The van der Waals surface area contributed by atoms with E-state index in [1.807, 2.05) is 0 Å². The highest BCUT2D eigenvalue weighted by Gasteiger charge is 2.22. The van der Waals surface area contributed by atoms with E-state index in [0.29, 0.717) is 23.7 Å². The summed E-state index contributed by atoms with van der Waals surface area (Å²) in [4.78, 5) is 4.76. The minimum absolute atomic E-state index is 0.559. The molecule has 0 bridgehead atoms. The van der Waals surface area contributed by atoms with Crippen LogP contribution in [0.15, 0.2) is 18.3 Å². The van der Waals surface area contributed by atoms with Crippen LogP contribution in [0.2, 0.25) is 0 Å². The van der Waals surface area contributed by atoms with Crippen molar-refractivity contribution >= 4 is 0 Å². The third-order valence-electron chi connectivity index (χ3n) is 4.28. The summed E-state index contributed by atoms with van der Waals surface area (Å²) in [6, 6.07) is 4.53. The lowest BCUT2D eigenvalue weighted by atomic mass is 9.82. The van der Waals surface area contributed by atoms with E-state index < -0.39 is 0 Å². The van der Waals surface area contributed by atoms with Gasteiger partial charge in [-0.1, -0.05) is 33.8 Å². The molecule has 0 aliphatic carbocycles. The molecular weight excluding hydrogens is 234 g/mol. The van der Waals surface area contributed by atoms with Crippen molar-refractivity contribution in [2.45, 2.75) is 52.4 Å². The Morgan fingerprint density at radius 1 is 1.05 bits per heavy atom. The molecule has 2 heterocycles. The number of ether oxygens (including phenoxy) is 1. The highest BCUT2D eigenvalue weighted by Crippen LogP contribution is 2.32. The predicted octanol–water partition coefficient (Wildman–Crippen LogP) is 4.37. The third-order valence-corrected chi connectivity index (χ3v) is 4.28. The molecule has 106 valence electrons. The van der Waals surface area contributed by atoms with Crippen molar-refractivity contribution in [1.82, 2.24) is 4.98 Å². The van der Waals surface area contributed by atoms with E-state index in [9.17, 15) is 0 Å². The van der Waals surface area contributed by atoms with Crippen LogP contribution in [0.3, 0.4) is 0 Å². The molecule has 0 saturated carbocycles. The maximum atomic E-state index is 5.43. The molecule has 0 amide bonds. The van der Waals surface area contributed by atoms with Crippen LogP contribution in [0.4, 0.5) is 0 Å². The van der Waals surface area contributed by atoms with Gasteiger partial charge in [0, 0.05) is 31.0 Å². The van der Waals surface area contributed by atoms with Crippen LogP contribution in [0.1, 0.15) is 63.6 Å². The lowest BCUT2D eigenvalue weighted by Crippen LogP contribution is -2.16. The second-order valence-corrected chi connectivity index (χ2v) is 6.42. The normalized spacial score (nSPS) is 17.6. The first-order chi connectivity index (χ1) is 9.09. The second kappa shape index (κ2) is 6.51. The molecule has 2 heteroatoms. The van der Waals surface area contributed by atoms with E-state index in [0.717, 1.165) is 26.1 Å². The summed E-state index contributed by atoms with van der Waals surface area (Å²) >= 11 is 0. The lowest BCUT2D eigenvalue weighted by Gasteiger charge is -2.26. The maximum absolute atomic E-state index is 5.43. The topological polar surface area (TPSA) is 22.1 Å². The molecule has 1 saturated heterocycles. The highest BCUT2D eigenvalue weighted by atomic mass is 16.5. The Morgan fingerprint density at radius 3 is 2.16 bits per heavy atom. The minimum atomic E-state index is 0.559. The van der Waals surface area contributed by atoms with Gasteiger partial charge in [-0.2, -0.15) is 0 Å². The molecule has 0 unspecified atom stereocenters. The molecule has 2 nitrogen and oxygen atoms in total. The van der Waals surface area contributed by atoms with Gasteiger partial charge in [-0.15, -0.1) is 0 Å². The zero-order valence-corrected chi connectivity index (χ0v) is 12.7. The molecule has 1 aromatic rings. The second-order valence-electron chi connectivity index (χ2n) is 6.42. The number of rotatable bonds is 4. The van der Waals surface area contributed by atoms with Gasteiger partial charge in [0.25, 0.3) is 0 Å². The largest absolute Gasteiger partial charge is 0.381 e. The standard InChI is InChI=1S/C17H27NO/c1-12(2)17(13(3)4)16-6-5-15(11-18-16)14-7-9-19-10-8-14/h5-6,11-14,17H,7-10H2,1-4H3. The number of nitrogens with zero attached hydrogens (tertiary/aromatic N) is 1. The SMILES string of the molecule is CC(C)C(c1ccc(C2CCOCC2)cn1)C(C)C. The summed E-state index contributed by atoms with van der Waals surface area (Å²) in [7, 11) is 0. The molecular formula is C17H27NO. The smallest absolute Gasteiger partial charge is 0.0471 e. The van der Waals surface area contributed by atoms with Gasteiger partial charge in [-0.3, -0.25) is 4.98 Å². The summed E-state index contributed by atoms with van der Waals surface area (Å²) in [5.41, 5.74) is 2.64. The lowest BCUT2D eigenvalue weighted by molar-refractivity contribution is 0.0852.